The van der Waals surface area contributed by atoms with Gasteiger partial charge in [-0.25, -0.2) is 14.8 Å². The van der Waals surface area contributed by atoms with E-state index in [1.165, 1.54) is 6.33 Å². The van der Waals surface area contributed by atoms with Crippen molar-refractivity contribution in [2.24, 2.45) is 0 Å². The van der Waals surface area contributed by atoms with Gasteiger partial charge in [0.05, 0.1) is 5.69 Å². The molecular formula is C22H19N3O3. The number of ether oxygens (including phenoxy) is 1. The Morgan fingerprint density at radius 3 is 2.57 bits per heavy atom. The highest BCUT2D eigenvalue weighted by atomic mass is 16.5. The van der Waals surface area contributed by atoms with Crippen molar-refractivity contribution >= 4 is 11.8 Å². The lowest BCUT2D eigenvalue weighted by atomic mass is 10.1. The van der Waals surface area contributed by atoms with Gasteiger partial charge in [0, 0.05) is 18.1 Å². The molecule has 1 unspecified atom stereocenters. The Labute approximate surface area is 163 Å². The molecule has 3 aromatic rings. The van der Waals surface area contributed by atoms with Gasteiger partial charge in [0.15, 0.2) is 0 Å². The topological polar surface area (TPSA) is 84.3 Å². The van der Waals surface area contributed by atoms with Gasteiger partial charge >= 0.3 is 5.97 Å². The quantitative estimate of drug-likeness (QED) is 0.587. The average molecular weight is 373 g/mol. The van der Waals surface area contributed by atoms with Crippen molar-refractivity contribution < 1.29 is 14.6 Å². The minimum absolute atomic E-state index is 0.0577. The van der Waals surface area contributed by atoms with Gasteiger partial charge in [-0.05, 0) is 29.8 Å². The number of anilines is 1. The van der Waals surface area contributed by atoms with E-state index in [9.17, 15) is 9.90 Å². The molecule has 0 spiro atoms. The van der Waals surface area contributed by atoms with E-state index in [0.29, 0.717) is 18.1 Å². The largest absolute Gasteiger partial charge is 0.489 e. The van der Waals surface area contributed by atoms with Crippen molar-refractivity contribution in [3.8, 4) is 29.4 Å². The molecule has 2 N–H and O–H groups in total. The van der Waals surface area contributed by atoms with E-state index in [1.54, 1.807) is 6.07 Å². The van der Waals surface area contributed by atoms with Crippen molar-refractivity contribution in [1.29, 1.82) is 0 Å². The molecule has 140 valence electrons. The van der Waals surface area contributed by atoms with Crippen molar-refractivity contribution in [3.63, 3.8) is 0 Å². The molecule has 1 atom stereocenters. The summed E-state index contributed by atoms with van der Waals surface area (Å²) in [4.78, 5) is 19.6. The first-order valence-electron chi connectivity index (χ1n) is 8.67. The highest BCUT2D eigenvalue weighted by Crippen LogP contribution is 2.23. The van der Waals surface area contributed by atoms with Crippen molar-refractivity contribution in [2.45, 2.75) is 19.1 Å². The summed E-state index contributed by atoms with van der Waals surface area (Å²) < 4.78 is 5.78. The fourth-order valence-corrected chi connectivity index (χ4v) is 2.55. The summed E-state index contributed by atoms with van der Waals surface area (Å²) in [5.74, 6) is 2.47. The van der Waals surface area contributed by atoms with Crippen molar-refractivity contribution in [2.75, 3.05) is 5.32 Å². The van der Waals surface area contributed by atoms with Crippen LogP contribution >= 0.6 is 0 Å². The number of carbonyl (C=O) groups is 1. The van der Waals surface area contributed by atoms with E-state index in [4.69, 9.17) is 11.2 Å². The lowest BCUT2D eigenvalue weighted by Crippen LogP contribution is -2.29. The fourth-order valence-electron chi connectivity index (χ4n) is 2.55. The molecule has 0 aliphatic carbocycles. The second-order valence-corrected chi connectivity index (χ2v) is 6.03. The summed E-state index contributed by atoms with van der Waals surface area (Å²) in [6, 6.07) is 18.2. The van der Waals surface area contributed by atoms with Crippen LogP contribution in [0.2, 0.25) is 0 Å². The molecule has 0 saturated carbocycles. The van der Waals surface area contributed by atoms with Gasteiger partial charge in [-0.1, -0.05) is 30.3 Å². The van der Waals surface area contributed by atoms with E-state index < -0.39 is 12.0 Å². The van der Waals surface area contributed by atoms with Crippen LogP contribution in [0.25, 0.3) is 11.3 Å². The second-order valence-electron chi connectivity index (χ2n) is 6.03. The van der Waals surface area contributed by atoms with Crippen LogP contribution in [-0.2, 0) is 11.4 Å². The Morgan fingerprint density at radius 1 is 1.14 bits per heavy atom. The fraction of sp³-hybridized carbons (Fsp3) is 0.136. The maximum atomic E-state index is 11.2. The Hall–Kier alpha value is -3.85. The van der Waals surface area contributed by atoms with E-state index >= 15 is 0 Å². The smallest absolute Gasteiger partial charge is 0.327 e. The number of carboxylic acid groups (broad SMARTS) is 1. The number of aliphatic carboxylic acids is 1. The molecule has 28 heavy (non-hydrogen) atoms. The third-order valence-electron chi connectivity index (χ3n) is 4.01. The van der Waals surface area contributed by atoms with Crippen LogP contribution in [0.5, 0.6) is 5.75 Å². The average Bonchev–Trinajstić information content (AvgIpc) is 2.73. The van der Waals surface area contributed by atoms with Gasteiger partial charge in [-0.15, -0.1) is 12.3 Å². The Morgan fingerprint density at radius 2 is 1.89 bits per heavy atom. The lowest BCUT2D eigenvalue weighted by molar-refractivity contribution is -0.137. The van der Waals surface area contributed by atoms with Crippen LogP contribution in [0.1, 0.15) is 12.0 Å². The maximum Gasteiger partial charge on any atom is 0.327 e. The molecule has 1 aromatic heterocycles. The summed E-state index contributed by atoms with van der Waals surface area (Å²) in [7, 11) is 0. The van der Waals surface area contributed by atoms with Gasteiger partial charge in [-0.2, -0.15) is 0 Å². The van der Waals surface area contributed by atoms with Crippen molar-refractivity contribution in [3.05, 3.63) is 72.6 Å². The molecular weight excluding hydrogens is 354 g/mol. The second kappa shape index (κ2) is 9.19. The van der Waals surface area contributed by atoms with Gasteiger partial charge in [0.1, 0.15) is 30.5 Å². The van der Waals surface area contributed by atoms with E-state index in [1.807, 2.05) is 54.6 Å². The molecule has 0 radical (unpaired) electrons. The van der Waals surface area contributed by atoms with Crippen LogP contribution in [0, 0.1) is 12.3 Å². The van der Waals surface area contributed by atoms with Crippen LogP contribution in [0.3, 0.4) is 0 Å². The van der Waals surface area contributed by atoms with Crippen LogP contribution in [0.4, 0.5) is 5.82 Å². The summed E-state index contributed by atoms with van der Waals surface area (Å²) in [5.41, 5.74) is 2.62. The van der Waals surface area contributed by atoms with Crippen LogP contribution < -0.4 is 10.1 Å². The van der Waals surface area contributed by atoms with Crippen LogP contribution in [-0.4, -0.2) is 27.1 Å². The molecule has 2 aromatic carbocycles. The van der Waals surface area contributed by atoms with E-state index in [0.717, 1.165) is 16.9 Å². The molecule has 0 fully saturated rings. The normalized spacial score (nSPS) is 11.2. The number of benzene rings is 2. The number of hydrogen-bond donors (Lipinski definition) is 2. The van der Waals surface area contributed by atoms with Gasteiger partial charge in [0.2, 0.25) is 0 Å². The van der Waals surface area contributed by atoms with Crippen molar-refractivity contribution in [1.82, 2.24) is 9.97 Å². The molecule has 3 rings (SSSR count). The van der Waals surface area contributed by atoms with Gasteiger partial charge < -0.3 is 15.2 Å². The number of nitrogens with one attached hydrogen (secondary N) is 1. The first-order chi connectivity index (χ1) is 13.7. The predicted octanol–water partition coefficient (Wildman–Crippen LogP) is 3.61. The Kier molecular flexibility index (Phi) is 6.21. The molecule has 0 amide bonds. The summed E-state index contributed by atoms with van der Waals surface area (Å²) >= 11 is 0. The first kappa shape index (κ1) is 18.9. The molecule has 6 heteroatoms. The lowest BCUT2D eigenvalue weighted by Gasteiger charge is -2.13. The molecule has 0 bridgehead atoms. The van der Waals surface area contributed by atoms with Gasteiger partial charge in [0.25, 0.3) is 0 Å². The number of hydrogen-bond acceptors (Lipinski definition) is 5. The molecule has 0 aliphatic heterocycles. The number of aromatic nitrogens is 2. The summed E-state index contributed by atoms with van der Waals surface area (Å²) in [6.45, 7) is 0.494. The highest BCUT2D eigenvalue weighted by molar-refractivity contribution is 5.77. The Balaban J connectivity index is 1.68. The summed E-state index contributed by atoms with van der Waals surface area (Å²) in [5, 5.41) is 12.0. The minimum Gasteiger partial charge on any atom is -0.489 e. The standard InChI is InChI=1S/C22H19N3O3/c1-2-6-19(22(26)27)25-21-13-20(23-15-24-21)17-9-11-18(12-10-17)28-14-16-7-4-3-5-8-16/h1,3-5,7-13,15,19H,6,14H2,(H,26,27)(H,23,24,25). The Bertz CT molecular complexity index is 966. The molecule has 0 saturated heterocycles. The molecule has 1 heterocycles. The van der Waals surface area contributed by atoms with E-state index in [-0.39, 0.29) is 6.42 Å². The summed E-state index contributed by atoms with van der Waals surface area (Å²) in [6.07, 6.45) is 6.66. The molecule has 0 aliphatic rings. The molecule has 6 nitrogen and oxygen atoms in total. The zero-order valence-corrected chi connectivity index (χ0v) is 15.1. The zero-order valence-electron chi connectivity index (χ0n) is 15.1. The highest BCUT2D eigenvalue weighted by Gasteiger charge is 2.16. The third kappa shape index (κ3) is 5.08. The number of rotatable bonds is 8. The third-order valence-corrected chi connectivity index (χ3v) is 4.01. The van der Waals surface area contributed by atoms with Crippen LogP contribution in [0.15, 0.2) is 67.0 Å². The number of nitrogens with zero attached hydrogens (tertiary/aromatic N) is 2. The number of carboxylic acids is 1. The first-order valence-corrected chi connectivity index (χ1v) is 8.67. The monoisotopic (exact) mass is 373 g/mol. The van der Waals surface area contributed by atoms with E-state index in [2.05, 4.69) is 21.2 Å². The number of terminal acetylenes is 1. The maximum absolute atomic E-state index is 11.2. The SMILES string of the molecule is C#CCC(Nc1cc(-c2ccc(OCc3ccccc3)cc2)ncn1)C(=O)O. The predicted molar refractivity (Wildman–Crippen MR) is 107 cm³/mol. The zero-order chi connectivity index (χ0) is 19.8. The van der Waals surface area contributed by atoms with Gasteiger partial charge in [-0.3, -0.25) is 0 Å². The minimum atomic E-state index is -1.03.